The van der Waals surface area contributed by atoms with Crippen LogP contribution in [0.5, 0.6) is 5.88 Å². The molecular formula is C15H18N6O2. The van der Waals surface area contributed by atoms with Crippen LogP contribution in [-0.4, -0.2) is 57.4 Å². The van der Waals surface area contributed by atoms with Crippen LogP contribution in [0.4, 0.5) is 16.4 Å². The Hall–Kier alpha value is -2.90. The van der Waals surface area contributed by atoms with E-state index in [2.05, 4.69) is 25.4 Å². The second kappa shape index (κ2) is 6.47. The van der Waals surface area contributed by atoms with E-state index in [4.69, 9.17) is 5.11 Å². The molecule has 2 aromatic rings. The van der Waals surface area contributed by atoms with Crippen LogP contribution >= 0.6 is 0 Å². The molecule has 0 unspecified atom stereocenters. The molecule has 1 saturated heterocycles. The first kappa shape index (κ1) is 15.0. The zero-order chi connectivity index (χ0) is 16.2. The van der Waals surface area contributed by atoms with Gasteiger partial charge in [0.25, 0.3) is 0 Å². The lowest BCUT2D eigenvalue weighted by atomic mass is 10.3. The summed E-state index contributed by atoms with van der Waals surface area (Å²) in [5.41, 5.74) is 1.13. The number of aryl methyl sites for hydroxylation is 1. The molecule has 0 aliphatic carbocycles. The Morgan fingerprint density at radius 2 is 1.91 bits per heavy atom. The summed E-state index contributed by atoms with van der Waals surface area (Å²) >= 11 is 0. The minimum absolute atomic E-state index is 0.179. The van der Waals surface area contributed by atoms with Crippen molar-refractivity contribution < 1.29 is 9.90 Å². The molecule has 120 valence electrons. The van der Waals surface area contributed by atoms with Crippen molar-refractivity contribution in [1.82, 2.24) is 20.1 Å². The highest BCUT2D eigenvalue weighted by molar-refractivity contribution is 5.88. The van der Waals surface area contributed by atoms with Gasteiger partial charge in [-0.25, -0.2) is 9.78 Å². The minimum Gasteiger partial charge on any atom is -0.492 e. The number of carbonyl (C=O) groups is 1. The van der Waals surface area contributed by atoms with Crippen molar-refractivity contribution in [3.05, 3.63) is 36.0 Å². The number of amides is 2. The van der Waals surface area contributed by atoms with Crippen molar-refractivity contribution in [2.24, 2.45) is 0 Å². The zero-order valence-corrected chi connectivity index (χ0v) is 12.8. The lowest BCUT2D eigenvalue weighted by Gasteiger charge is -2.35. The quantitative estimate of drug-likeness (QED) is 0.866. The molecule has 1 aliphatic heterocycles. The minimum atomic E-state index is -0.221. The third kappa shape index (κ3) is 3.65. The van der Waals surface area contributed by atoms with Crippen LogP contribution in [0.15, 0.2) is 30.5 Å². The van der Waals surface area contributed by atoms with E-state index in [1.54, 1.807) is 4.90 Å². The first-order valence-corrected chi connectivity index (χ1v) is 7.38. The number of urea groups is 1. The molecule has 0 aromatic carbocycles. The van der Waals surface area contributed by atoms with Crippen LogP contribution in [0.2, 0.25) is 0 Å². The predicted octanol–water partition coefficient (Wildman–Crippen LogP) is 1.24. The molecule has 1 fully saturated rings. The topological polar surface area (TPSA) is 94.5 Å². The number of rotatable bonds is 2. The van der Waals surface area contributed by atoms with Crippen LogP contribution in [0.3, 0.4) is 0 Å². The number of aromatic nitrogens is 3. The number of hydrogen-bond acceptors (Lipinski definition) is 6. The van der Waals surface area contributed by atoms with Crippen LogP contribution in [0, 0.1) is 6.92 Å². The number of hydrogen-bond donors (Lipinski definition) is 2. The lowest BCUT2D eigenvalue weighted by Crippen LogP contribution is -2.50. The summed E-state index contributed by atoms with van der Waals surface area (Å²) in [6.07, 6.45) is 1.85. The Bertz CT molecular complexity index is 665. The molecule has 0 radical (unpaired) electrons. The van der Waals surface area contributed by atoms with Crippen molar-refractivity contribution in [3.8, 4) is 5.88 Å². The summed E-state index contributed by atoms with van der Waals surface area (Å²) in [5, 5.41) is 19.0. The Labute approximate surface area is 133 Å². The van der Waals surface area contributed by atoms with Gasteiger partial charge in [0.05, 0.1) is 0 Å². The van der Waals surface area contributed by atoms with Gasteiger partial charge in [-0.2, -0.15) is 0 Å². The van der Waals surface area contributed by atoms with Crippen LogP contribution in [0.1, 0.15) is 5.56 Å². The number of nitrogens with zero attached hydrogens (tertiary/aromatic N) is 5. The van der Waals surface area contributed by atoms with Crippen molar-refractivity contribution in [1.29, 1.82) is 0 Å². The van der Waals surface area contributed by atoms with E-state index in [0.29, 0.717) is 18.9 Å². The van der Waals surface area contributed by atoms with Crippen LogP contribution in [0.25, 0.3) is 0 Å². The molecule has 0 saturated carbocycles. The summed E-state index contributed by atoms with van der Waals surface area (Å²) < 4.78 is 0. The third-order valence-electron chi connectivity index (χ3n) is 3.67. The summed E-state index contributed by atoms with van der Waals surface area (Å²) in [6.45, 7) is 4.67. The Morgan fingerprint density at radius 3 is 2.52 bits per heavy atom. The van der Waals surface area contributed by atoms with Gasteiger partial charge in [0, 0.05) is 38.4 Å². The van der Waals surface area contributed by atoms with E-state index in [1.807, 2.05) is 25.3 Å². The highest BCUT2D eigenvalue weighted by atomic mass is 16.3. The molecule has 2 amide bonds. The number of carbonyl (C=O) groups excluding carboxylic acids is 1. The number of piperazine rings is 1. The first-order chi connectivity index (χ1) is 11.1. The molecular weight excluding hydrogens is 296 g/mol. The van der Waals surface area contributed by atoms with Crippen LogP contribution in [-0.2, 0) is 0 Å². The van der Waals surface area contributed by atoms with E-state index in [-0.39, 0.29) is 11.9 Å². The standard InChI is InChI=1S/C15H18N6O2/c1-11-2-4-13(16-10-11)20-6-8-21(9-7-20)15(23)17-12-3-5-14(22)19-18-12/h2-5,10H,6-9H2,1H3,(H,19,22)(H,17,18,23). The fourth-order valence-corrected chi connectivity index (χ4v) is 2.37. The Kier molecular flexibility index (Phi) is 4.22. The van der Waals surface area contributed by atoms with E-state index >= 15 is 0 Å². The van der Waals surface area contributed by atoms with Gasteiger partial charge in [-0.05, 0) is 24.6 Å². The van der Waals surface area contributed by atoms with Gasteiger partial charge in [0.1, 0.15) is 5.82 Å². The molecule has 1 aliphatic rings. The van der Waals surface area contributed by atoms with E-state index in [9.17, 15) is 4.79 Å². The van der Waals surface area contributed by atoms with E-state index < -0.39 is 0 Å². The highest BCUT2D eigenvalue weighted by Gasteiger charge is 2.22. The summed E-state index contributed by atoms with van der Waals surface area (Å²) in [6, 6.07) is 6.69. The molecule has 3 heterocycles. The fourth-order valence-electron chi connectivity index (χ4n) is 2.37. The molecule has 8 heteroatoms. The monoisotopic (exact) mass is 314 g/mol. The first-order valence-electron chi connectivity index (χ1n) is 7.38. The largest absolute Gasteiger partial charge is 0.492 e. The van der Waals surface area contributed by atoms with Gasteiger partial charge >= 0.3 is 6.03 Å². The molecule has 0 atom stereocenters. The molecule has 0 spiro atoms. The number of aromatic hydroxyl groups is 1. The highest BCUT2D eigenvalue weighted by Crippen LogP contribution is 2.14. The normalized spacial score (nSPS) is 14.7. The molecule has 3 rings (SSSR count). The van der Waals surface area contributed by atoms with Gasteiger partial charge in [-0.15, -0.1) is 10.2 Å². The smallest absolute Gasteiger partial charge is 0.323 e. The molecule has 2 aromatic heterocycles. The van der Waals surface area contributed by atoms with E-state index in [1.165, 1.54) is 12.1 Å². The van der Waals surface area contributed by atoms with Crippen LogP contribution < -0.4 is 10.2 Å². The van der Waals surface area contributed by atoms with Crippen molar-refractivity contribution >= 4 is 17.7 Å². The van der Waals surface area contributed by atoms with Gasteiger partial charge in [0.15, 0.2) is 5.82 Å². The van der Waals surface area contributed by atoms with Gasteiger partial charge in [0.2, 0.25) is 5.88 Å². The number of pyridine rings is 1. The Morgan fingerprint density at radius 1 is 1.13 bits per heavy atom. The molecule has 8 nitrogen and oxygen atoms in total. The fraction of sp³-hybridized carbons (Fsp3) is 0.333. The molecule has 0 bridgehead atoms. The maximum atomic E-state index is 12.2. The zero-order valence-electron chi connectivity index (χ0n) is 12.8. The second-order valence-corrected chi connectivity index (χ2v) is 5.37. The summed E-state index contributed by atoms with van der Waals surface area (Å²) in [5.74, 6) is 1.07. The summed E-state index contributed by atoms with van der Waals surface area (Å²) in [4.78, 5) is 20.5. The lowest BCUT2D eigenvalue weighted by molar-refractivity contribution is 0.208. The summed E-state index contributed by atoms with van der Waals surface area (Å²) in [7, 11) is 0. The maximum absolute atomic E-state index is 12.2. The van der Waals surface area contributed by atoms with Crippen molar-refractivity contribution in [2.75, 3.05) is 36.4 Å². The SMILES string of the molecule is Cc1ccc(N2CCN(C(=O)Nc3ccc(O)nn3)CC2)nc1. The third-order valence-corrected chi connectivity index (χ3v) is 3.67. The van der Waals surface area contributed by atoms with Crippen molar-refractivity contribution in [3.63, 3.8) is 0 Å². The second-order valence-electron chi connectivity index (χ2n) is 5.37. The van der Waals surface area contributed by atoms with E-state index in [0.717, 1.165) is 24.5 Å². The molecule has 23 heavy (non-hydrogen) atoms. The average molecular weight is 314 g/mol. The number of nitrogens with one attached hydrogen (secondary N) is 1. The maximum Gasteiger partial charge on any atom is 0.323 e. The Balaban J connectivity index is 1.54. The predicted molar refractivity (Wildman–Crippen MR) is 85.5 cm³/mol. The van der Waals surface area contributed by atoms with Crippen molar-refractivity contribution in [2.45, 2.75) is 6.92 Å². The van der Waals surface area contributed by atoms with Gasteiger partial charge < -0.3 is 14.9 Å². The molecule has 2 N–H and O–H groups in total. The average Bonchev–Trinajstić information content (AvgIpc) is 2.58. The van der Waals surface area contributed by atoms with Gasteiger partial charge in [-0.3, -0.25) is 5.32 Å². The number of anilines is 2. The van der Waals surface area contributed by atoms with Gasteiger partial charge in [-0.1, -0.05) is 6.07 Å².